The molecular weight excluding hydrogens is 312 g/mol. The lowest BCUT2D eigenvalue weighted by molar-refractivity contribution is -0.137. The van der Waals surface area contributed by atoms with E-state index in [0.29, 0.717) is 21.2 Å². The zero-order valence-corrected chi connectivity index (χ0v) is 11.8. The molecule has 2 aromatic carbocycles. The summed E-state index contributed by atoms with van der Waals surface area (Å²) < 4.78 is 43.0. The summed E-state index contributed by atoms with van der Waals surface area (Å²) in [5.74, 6) is 0.123. The highest BCUT2D eigenvalue weighted by molar-refractivity contribution is 6.42. The van der Waals surface area contributed by atoms with Crippen LogP contribution in [0.25, 0.3) is 11.1 Å². The van der Waals surface area contributed by atoms with Crippen molar-refractivity contribution in [1.29, 1.82) is 0 Å². The van der Waals surface area contributed by atoms with Crippen molar-refractivity contribution >= 4 is 23.2 Å². The number of alkyl halides is 3. The monoisotopic (exact) mass is 320 g/mol. The fraction of sp³-hybridized carbons (Fsp3) is 0.143. The van der Waals surface area contributed by atoms with Crippen LogP contribution in [0, 0.1) is 0 Å². The van der Waals surface area contributed by atoms with Gasteiger partial charge in [0.25, 0.3) is 0 Å². The van der Waals surface area contributed by atoms with Crippen LogP contribution in [0.3, 0.4) is 0 Å². The molecule has 1 nitrogen and oxygen atoms in total. The Hall–Kier alpha value is -1.39. The molecule has 0 unspecified atom stereocenters. The van der Waals surface area contributed by atoms with Crippen LogP contribution in [0.1, 0.15) is 5.56 Å². The van der Waals surface area contributed by atoms with Gasteiger partial charge in [0.15, 0.2) is 0 Å². The highest BCUT2D eigenvalue weighted by Crippen LogP contribution is 2.38. The maximum absolute atomic E-state index is 12.7. The molecule has 0 radical (unpaired) electrons. The first-order valence-corrected chi connectivity index (χ1v) is 6.29. The van der Waals surface area contributed by atoms with E-state index in [4.69, 9.17) is 27.9 Å². The van der Waals surface area contributed by atoms with Crippen molar-refractivity contribution in [2.45, 2.75) is 6.18 Å². The molecule has 0 aliphatic rings. The minimum Gasteiger partial charge on any atom is -0.496 e. The first kappa shape index (κ1) is 15.0. The molecule has 0 N–H and O–H groups in total. The van der Waals surface area contributed by atoms with E-state index in [1.54, 1.807) is 18.2 Å². The van der Waals surface area contributed by atoms with E-state index >= 15 is 0 Å². The van der Waals surface area contributed by atoms with Crippen LogP contribution < -0.4 is 4.74 Å². The van der Waals surface area contributed by atoms with E-state index in [2.05, 4.69) is 0 Å². The number of hydrogen-bond donors (Lipinski definition) is 0. The van der Waals surface area contributed by atoms with Gasteiger partial charge in [-0.05, 0) is 29.8 Å². The van der Waals surface area contributed by atoms with Gasteiger partial charge in [-0.25, -0.2) is 0 Å². The van der Waals surface area contributed by atoms with Crippen LogP contribution in [0.4, 0.5) is 13.2 Å². The molecule has 0 amide bonds. The largest absolute Gasteiger partial charge is 0.496 e. The molecule has 0 saturated heterocycles. The molecule has 2 aromatic rings. The van der Waals surface area contributed by atoms with Gasteiger partial charge >= 0.3 is 6.18 Å². The van der Waals surface area contributed by atoms with Gasteiger partial charge in [-0.2, -0.15) is 13.2 Å². The average molecular weight is 321 g/mol. The Morgan fingerprint density at radius 3 is 2.20 bits per heavy atom. The van der Waals surface area contributed by atoms with Crippen LogP contribution in [0.5, 0.6) is 5.75 Å². The van der Waals surface area contributed by atoms with Gasteiger partial charge in [0.05, 0.1) is 22.7 Å². The fourth-order valence-corrected chi connectivity index (χ4v) is 2.07. The third kappa shape index (κ3) is 3.02. The molecule has 0 saturated carbocycles. The molecule has 106 valence electrons. The van der Waals surface area contributed by atoms with Crippen LogP contribution in [-0.4, -0.2) is 7.11 Å². The Labute approximate surface area is 123 Å². The van der Waals surface area contributed by atoms with E-state index in [0.717, 1.165) is 12.1 Å². The van der Waals surface area contributed by atoms with Gasteiger partial charge in [-0.3, -0.25) is 0 Å². The summed E-state index contributed by atoms with van der Waals surface area (Å²) >= 11 is 11.7. The predicted octanol–water partition coefficient (Wildman–Crippen LogP) is 5.69. The van der Waals surface area contributed by atoms with Crippen LogP contribution in [0.2, 0.25) is 10.0 Å². The number of hydrogen-bond acceptors (Lipinski definition) is 1. The molecule has 0 fully saturated rings. The third-order valence-corrected chi connectivity index (χ3v) is 3.50. The molecule has 0 heterocycles. The summed E-state index contributed by atoms with van der Waals surface area (Å²) in [5, 5.41) is 0.701. The van der Waals surface area contributed by atoms with Crippen molar-refractivity contribution in [3.8, 4) is 16.9 Å². The maximum atomic E-state index is 12.7. The minimum atomic E-state index is -4.41. The minimum absolute atomic E-state index is 0.123. The second-order valence-corrected chi connectivity index (χ2v) is 4.86. The van der Waals surface area contributed by atoms with E-state index in [-0.39, 0.29) is 5.75 Å². The molecule has 0 spiro atoms. The van der Waals surface area contributed by atoms with E-state index in [9.17, 15) is 13.2 Å². The van der Waals surface area contributed by atoms with E-state index < -0.39 is 11.7 Å². The molecule has 0 aromatic heterocycles. The lowest BCUT2D eigenvalue weighted by Gasteiger charge is -2.13. The normalized spacial score (nSPS) is 11.5. The van der Waals surface area contributed by atoms with Crippen LogP contribution in [0.15, 0.2) is 36.4 Å². The Kier molecular flexibility index (Phi) is 4.16. The first-order valence-electron chi connectivity index (χ1n) is 5.53. The standard InChI is InChI=1S/C14H9Cl2F3O/c1-20-13-7-9(14(17,18)19)3-4-10(13)8-2-5-11(15)12(16)6-8/h2-7H,1H3. The highest BCUT2D eigenvalue weighted by Gasteiger charge is 2.31. The Morgan fingerprint density at radius 1 is 0.950 bits per heavy atom. The van der Waals surface area contributed by atoms with E-state index in [1.165, 1.54) is 13.2 Å². The van der Waals surface area contributed by atoms with Crippen molar-refractivity contribution in [3.63, 3.8) is 0 Å². The molecular formula is C14H9Cl2F3O. The zero-order chi connectivity index (χ0) is 14.9. The van der Waals surface area contributed by atoms with Gasteiger partial charge in [0.2, 0.25) is 0 Å². The SMILES string of the molecule is COc1cc(C(F)(F)F)ccc1-c1ccc(Cl)c(Cl)c1. The van der Waals surface area contributed by atoms with Gasteiger partial charge in [0, 0.05) is 5.56 Å². The summed E-state index contributed by atoms with van der Waals surface area (Å²) in [4.78, 5) is 0. The Morgan fingerprint density at radius 2 is 1.65 bits per heavy atom. The van der Waals surface area contributed by atoms with Crippen molar-refractivity contribution in [3.05, 3.63) is 52.0 Å². The van der Waals surface area contributed by atoms with E-state index in [1.807, 2.05) is 0 Å². The van der Waals surface area contributed by atoms with Crippen LogP contribution in [-0.2, 0) is 6.18 Å². The van der Waals surface area contributed by atoms with Crippen molar-refractivity contribution in [2.75, 3.05) is 7.11 Å². The smallest absolute Gasteiger partial charge is 0.416 e. The first-order chi connectivity index (χ1) is 9.32. The van der Waals surface area contributed by atoms with Gasteiger partial charge in [0.1, 0.15) is 5.75 Å². The van der Waals surface area contributed by atoms with Gasteiger partial charge in [-0.1, -0.05) is 35.3 Å². The summed E-state index contributed by atoms with van der Waals surface area (Å²) in [6, 6.07) is 8.13. The Bertz CT molecular complexity index is 639. The molecule has 0 atom stereocenters. The zero-order valence-electron chi connectivity index (χ0n) is 10.3. The molecule has 0 bridgehead atoms. The maximum Gasteiger partial charge on any atom is 0.416 e. The number of ether oxygens (including phenoxy) is 1. The second kappa shape index (κ2) is 5.54. The van der Waals surface area contributed by atoms with Crippen molar-refractivity contribution in [1.82, 2.24) is 0 Å². The topological polar surface area (TPSA) is 9.23 Å². The lowest BCUT2D eigenvalue weighted by atomic mass is 10.0. The number of methoxy groups -OCH3 is 1. The predicted molar refractivity (Wildman–Crippen MR) is 73.5 cm³/mol. The average Bonchev–Trinajstić information content (AvgIpc) is 2.40. The number of rotatable bonds is 2. The molecule has 20 heavy (non-hydrogen) atoms. The summed E-state index contributed by atoms with van der Waals surface area (Å²) in [7, 11) is 1.32. The molecule has 0 aliphatic heterocycles. The molecule has 6 heteroatoms. The van der Waals surface area contributed by atoms with Gasteiger partial charge in [-0.15, -0.1) is 0 Å². The summed E-state index contributed by atoms with van der Waals surface area (Å²) in [5.41, 5.74) is 0.377. The number of halogens is 5. The van der Waals surface area contributed by atoms with Crippen molar-refractivity contribution < 1.29 is 17.9 Å². The third-order valence-electron chi connectivity index (χ3n) is 2.76. The summed E-state index contributed by atoms with van der Waals surface area (Å²) in [6.07, 6.45) is -4.41. The number of benzene rings is 2. The quantitative estimate of drug-likeness (QED) is 0.690. The Balaban J connectivity index is 2.54. The van der Waals surface area contributed by atoms with Gasteiger partial charge < -0.3 is 4.74 Å². The van der Waals surface area contributed by atoms with Crippen molar-refractivity contribution in [2.24, 2.45) is 0 Å². The summed E-state index contributed by atoms with van der Waals surface area (Å²) in [6.45, 7) is 0. The lowest BCUT2D eigenvalue weighted by Crippen LogP contribution is -2.05. The fourth-order valence-electron chi connectivity index (χ4n) is 1.77. The highest BCUT2D eigenvalue weighted by atomic mass is 35.5. The second-order valence-electron chi connectivity index (χ2n) is 4.04. The molecule has 0 aliphatic carbocycles. The molecule has 2 rings (SSSR count). The van der Waals surface area contributed by atoms with Crippen LogP contribution >= 0.6 is 23.2 Å².